The van der Waals surface area contributed by atoms with E-state index in [4.69, 9.17) is 4.74 Å². The summed E-state index contributed by atoms with van der Waals surface area (Å²) in [6, 6.07) is 4.48. The summed E-state index contributed by atoms with van der Waals surface area (Å²) in [5.74, 6) is 0.747. The Morgan fingerprint density at radius 3 is 2.85 bits per heavy atom. The minimum Gasteiger partial charge on any atom is -0.487 e. The summed E-state index contributed by atoms with van der Waals surface area (Å²) in [7, 11) is 0. The van der Waals surface area contributed by atoms with Crippen molar-refractivity contribution >= 4 is 17.7 Å². The molecule has 0 radical (unpaired) electrons. The molecule has 0 saturated carbocycles. The van der Waals surface area contributed by atoms with Gasteiger partial charge in [-0.05, 0) is 40.8 Å². The van der Waals surface area contributed by atoms with Crippen molar-refractivity contribution in [3.8, 4) is 11.8 Å². The zero-order valence-corrected chi connectivity index (χ0v) is 11.0. The van der Waals surface area contributed by atoms with E-state index >= 15 is 0 Å². The van der Waals surface area contributed by atoms with Crippen molar-refractivity contribution in [2.45, 2.75) is 12.8 Å². The predicted octanol–water partition coefficient (Wildman–Crippen LogP) is 2.19. The highest BCUT2D eigenvalue weighted by molar-refractivity contribution is 5.79. The number of nitrogens with zero attached hydrogens (tertiary/aromatic N) is 1. The minimum atomic E-state index is 0.565. The summed E-state index contributed by atoms with van der Waals surface area (Å²) in [6.07, 6.45) is 14.7. The molecule has 0 fully saturated rings. The Kier molecular flexibility index (Phi) is 2.40. The van der Waals surface area contributed by atoms with Gasteiger partial charge in [0.15, 0.2) is 0 Å². The number of fused-ring (bicyclic) bond motifs is 3. The van der Waals surface area contributed by atoms with Crippen molar-refractivity contribution in [1.82, 2.24) is 0 Å². The smallest absolute Gasteiger partial charge is 0.146 e. The molecule has 0 spiro atoms. The SMILES string of the molecule is N#Cc1c2c(cc3c1=CCC=C3)=C1C=CCC=C1CO2. The van der Waals surface area contributed by atoms with Crippen molar-refractivity contribution < 1.29 is 4.74 Å². The molecule has 2 nitrogen and oxygen atoms in total. The number of hydrogen-bond acceptors (Lipinski definition) is 2. The van der Waals surface area contributed by atoms with Gasteiger partial charge in [-0.3, -0.25) is 0 Å². The fourth-order valence-electron chi connectivity index (χ4n) is 3.06. The van der Waals surface area contributed by atoms with Gasteiger partial charge < -0.3 is 4.74 Å². The normalized spacial score (nSPS) is 17.9. The molecule has 0 bridgehead atoms. The molecule has 1 aliphatic heterocycles. The van der Waals surface area contributed by atoms with Crippen LogP contribution in [0, 0.1) is 11.3 Å². The molecule has 1 aromatic rings. The summed E-state index contributed by atoms with van der Waals surface area (Å²) < 4.78 is 5.89. The van der Waals surface area contributed by atoms with Crippen molar-refractivity contribution in [2.75, 3.05) is 6.61 Å². The molecule has 0 saturated heterocycles. The average Bonchev–Trinajstić information content (AvgIpc) is 2.52. The van der Waals surface area contributed by atoms with Crippen LogP contribution in [0.5, 0.6) is 5.75 Å². The van der Waals surface area contributed by atoms with E-state index in [2.05, 4.69) is 48.6 Å². The minimum absolute atomic E-state index is 0.565. The molecule has 2 aliphatic carbocycles. The Balaban J connectivity index is 2.18. The summed E-state index contributed by atoms with van der Waals surface area (Å²) >= 11 is 0. The number of hydrogen-bond donors (Lipinski definition) is 0. The molecule has 0 amide bonds. The molecular formula is C18H13NO. The highest BCUT2D eigenvalue weighted by atomic mass is 16.5. The van der Waals surface area contributed by atoms with Gasteiger partial charge in [0.2, 0.25) is 0 Å². The fourth-order valence-corrected chi connectivity index (χ4v) is 3.06. The van der Waals surface area contributed by atoms with Gasteiger partial charge in [0, 0.05) is 5.22 Å². The standard InChI is InChI=1S/C18H13NO/c19-10-17-14-7-3-1-5-12(14)9-16-15-8-4-2-6-13(15)11-20-18(16)17/h1,4-9H,2-3,11H2. The van der Waals surface area contributed by atoms with Crippen molar-refractivity contribution in [3.05, 3.63) is 57.5 Å². The van der Waals surface area contributed by atoms with Gasteiger partial charge >= 0.3 is 0 Å². The summed E-state index contributed by atoms with van der Waals surface area (Å²) in [5, 5.41) is 11.6. The van der Waals surface area contributed by atoms with Crippen LogP contribution in [0.4, 0.5) is 0 Å². The van der Waals surface area contributed by atoms with E-state index < -0.39 is 0 Å². The Hall–Kier alpha value is -2.53. The lowest BCUT2D eigenvalue weighted by Crippen LogP contribution is -2.28. The second-order valence-corrected chi connectivity index (χ2v) is 5.15. The maximum atomic E-state index is 9.53. The van der Waals surface area contributed by atoms with Crippen molar-refractivity contribution in [2.24, 2.45) is 0 Å². The zero-order chi connectivity index (χ0) is 13.5. The number of nitriles is 1. The Bertz CT molecular complexity index is 860. The molecule has 0 atom stereocenters. The van der Waals surface area contributed by atoms with E-state index in [0.717, 1.165) is 34.6 Å². The number of rotatable bonds is 0. The van der Waals surface area contributed by atoms with Crippen LogP contribution in [-0.4, -0.2) is 6.61 Å². The maximum absolute atomic E-state index is 9.53. The number of benzene rings is 1. The van der Waals surface area contributed by atoms with E-state index in [1.807, 2.05) is 0 Å². The van der Waals surface area contributed by atoms with Gasteiger partial charge in [-0.2, -0.15) is 5.26 Å². The topological polar surface area (TPSA) is 33.0 Å². The number of ether oxygens (including phenoxy) is 1. The zero-order valence-electron chi connectivity index (χ0n) is 11.0. The van der Waals surface area contributed by atoms with E-state index in [0.29, 0.717) is 12.2 Å². The van der Waals surface area contributed by atoms with Crippen LogP contribution in [0.1, 0.15) is 24.0 Å². The first-order valence-electron chi connectivity index (χ1n) is 6.85. The third kappa shape index (κ3) is 1.50. The predicted molar refractivity (Wildman–Crippen MR) is 79.3 cm³/mol. The van der Waals surface area contributed by atoms with E-state index in [1.165, 1.54) is 11.1 Å². The highest BCUT2D eigenvalue weighted by Gasteiger charge is 2.20. The first kappa shape index (κ1) is 11.3. The van der Waals surface area contributed by atoms with Crippen LogP contribution in [0.3, 0.4) is 0 Å². The highest BCUT2D eigenvalue weighted by Crippen LogP contribution is 2.26. The van der Waals surface area contributed by atoms with Crippen LogP contribution < -0.4 is 15.2 Å². The van der Waals surface area contributed by atoms with Crippen LogP contribution in [-0.2, 0) is 0 Å². The lowest BCUT2D eigenvalue weighted by molar-refractivity contribution is 0.346. The fraction of sp³-hybridized carbons (Fsp3) is 0.167. The lowest BCUT2D eigenvalue weighted by atomic mass is 9.91. The summed E-state index contributed by atoms with van der Waals surface area (Å²) in [4.78, 5) is 0. The Morgan fingerprint density at radius 1 is 1.10 bits per heavy atom. The molecule has 96 valence electrons. The summed E-state index contributed by atoms with van der Waals surface area (Å²) in [6.45, 7) is 0.565. The largest absolute Gasteiger partial charge is 0.487 e. The van der Waals surface area contributed by atoms with Crippen LogP contribution in [0.15, 0.2) is 35.9 Å². The molecule has 0 aromatic heterocycles. The van der Waals surface area contributed by atoms with Crippen LogP contribution in [0.25, 0.3) is 17.7 Å². The quantitative estimate of drug-likeness (QED) is 0.715. The van der Waals surface area contributed by atoms with Gasteiger partial charge in [-0.15, -0.1) is 0 Å². The van der Waals surface area contributed by atoms with Gasteiger partial charge in [0.25, 0.3) is 0 Å². The molecule has 4 rings (SSSR count). The van der Waals surface area contributed by atoms with Gasteiger partial charge in [-0.1, -0.05) is 36.5 Å². The first-order valence-corrected chi connectivity index (χ1v) is 6.85. The van der Waals surface area contributed by atoms with E-state index in [-0.39, 0.29) is 0 Å². The van der Waals surface area contributed by atoms with Gasteiger partial charge in [0.1, 0.15) is 24.0 Å². The van der Waals surface area contributed by atoms with E-state index in [9.17, 15) is 5.26 Å². The molecule has 3 aliphatic rings. The van der Waals surface area contributed by atoms with Crippen molar-refractivity contribution in [3.63, 3.8) is 0 Å². The third-order valence-electron chi connectivity index (χ3n) is 4.01. The average molecular weight is 259 g/mol. The molecule has 2 heteroatoms. The second kappa shape index (κ2) is 4.25. The Morgan fingerprint density at radius 2 is 1.95 bits per heavy atom. The van der Waals surface area contributed by atoms with Gasteiger partial charge in [0.05, 0.1) is 0 Å². The maximum Gasteiger partial charge on any atom is 0.146 e. The molecule has 0 N–H and O–H groups in total. The van der Waals surface area contributed by atoms with Gasteiger partial charge in [-0.25, -0.2) is 0 Å². The lowest BCUT2D eigenvalue weighted by Gasteiger charge is -2.22. The molecule has 0 unspecified atom stereocenters. The molecule has 1 heterocycles. The van der Waals surface area contributed by atoms with E-state index in [1.54, 1.807) is 0 Å². The Labute approximate surface area is 117 Å². The van der Waals surface area contributed by atoms with Crippen LogP contribution >= 0.6 is 0 Å². The van der Waals surface area contributed by atoms with Crippen LogP contribution in [0.2, 0.25) is 0 Å². The first-order chi connectivity index (χ1) is 9.88. The molecule has 1 aromatic carbocycles. The summed E-state index contributed by atoms with van der Waals surface area (Å²) in [5.41, 5.74) is 4.22. The second-order valence-electron chi connectivity index (χ2n) is 5.15. The van der Waals surface area contributed by atoms with Crippen molar-refractivity contribution in [1.29, 1.82) is 5.26 Å². The third-order valence-corrected chi connectivity index (χ3v) is 4.01. The molecule has 20 heavy (non-hydrogen) atoms. The number of allylic oxidation sites excluding steroid dienone is 4. The molecular weight excluding hydrogens is 246 g/mol. The monoisotopic (exact) mass is 259 g/mol.